The molecule has 1 unspecified atom stereocenters. The van der Waals surface area contributed by atoms with E-state index in [9.17, 15) is 33.6 Å². The van der Waals surface area contributed by atoms with Crippen molar-refractivity contribution in [2.75, 3.05) is 43.2 Å². The van der Waals surface area contributed by atoms with Gasteiger partial charge in [0.05, 0.1) is 41.7 Å². The molecule has 2 aromatic carbocycles. The normalized spacial score (nSPS) is 14.7. The fraction of sp³-hybridized carbons (Fsp3) is 0.359. The number of fused-ring (bicyclic) bond motifs is 1. The third-order valence-electron chi connectivity index (χ3n) is 9.63. The first kappa shape index (κ1) is 41.4. The Labute approximate surface area is 338 Å². The predicted molar refractivity (Wildman–Crippen MR) is 213 cm³/mol. The number of carbonyl (C=O) groups excluding carboxylic acids is 7. The smallest absolute Gasteiger partial charge is 0.273 e. The van der Waals surface area contributed by atoms with Crippen molar-refractivity contribution in [3.05, 3.63) is 65.6 Å². The summed E-state index contributed by atoms with van der Waals surface area (Å²) < 4.78 is 7.23. The number of methoxy groups -OCH3 is 1. The number of anilines is 4. The number of aromatic nitrogens is 5. The molecule has 4 aromatic rings. The lowest BCUT2D eigenvalue weighted by molar-refractivity contribution is -0.136. The van der Waals surface area contributed by atoms with Crippen molar-refractivity contribution in [1.29, 1.82) is 0 Å². The predicted octanol–water partition coefficient (Wildman–Crippen LogP) is 2.29. The molecule has 1 atom stereocenters. The number of unbranched alkanes of at least 4 members (excludes halogenated alkanes) is 4. The lowest BCUT2D eigenvalue weighted by atomic mass is 10.0. The molecule has 6 N–H and O–H groups in total. The molecule has 7 amide bonds. The molecule has 0 aliphatic carbocycles. The van der Waals surface area contributed by atoms with Gasteiger partial charge in [0.25, 0.3) is 17.7 Å². The van der Waals surface area contributed by atoms with Crippen LogP contribution in [0.15, 0.2) is 48.8 Å². The van der Waals surface area contributed by atoms with Crippen LogP contribution in [0.5, 0.6) is 5.75 Å². The summed E-state index contributed by atoms with van der Waals surface area (Å²) in [6.07, 6.45) is 5.99. The summed E-state index contributed by atoms with van der Waals surface area (Å²) in [6, 6.07) is 10.6. The van der Waals surface area contributed by atoms with Crippen molar-refractivity contribution in [2.24, 2.45) is 7.05 Å². The number of rotatable bonds is 18. The van der Waals surface area contributed by atoms with Gasteiger partial charge in [0.2, 0.25) is 23.6 Å². The number of nitrogens with one attached hydrogen (secondary N) is 6. The summed E-state index contributed by atoms with van der Waals surface area (Å²) in [5, 5.41) is 28.7. The molecule has 0 bridgehead atoms. The fourth-order valence-corrected chi connectivity index (χ4v) is 6.68. The first-order chi connectivity index (χ1) is 28.5. The lowest BCUT2D eigenvalue weighted by Gasteiger charge is -2.27. The van der Waals surface area contributed by atoms with Gasteiger partial charge in [-0.3, -0.25) is 48.5 Å². The van der Waals surface area contributed by atoms with Crippen molar-refractivity contribution in [2.45, 2.75) is 57.4 Å². The zero-order valence-electron chi connectivity index (χ0n) is 32.7. The molecule has 4 heterocycles. The topological polar surface area (TPSA) is 261 Å². The maximum Gasteiger partial charge on any atom is 0.273 e. The molecule has 20 nitrogen and oxygen atoms in total. The number of hydrogen-bond donors (Lipinski definition) is 6. The maximum atomic E-state index is 13.1. The van der Waals surface area contributed by atoms with Crippen molar-refractivity contribution < 1.29 is 38.3 Å². The standard InChI is InChI=1S/C39H44N12O8/c1-40-37(56)33-27(44-26-11-9-10-24(34(26)59-3)35-43-21-50(2)49-35)19-29(47-48-33)45-32(54)20-42-30(52)12-7-5-4-6-8-17-41-22-13-14-23-25(18-22)39(58)51(38(23)57)28-15-16-31(53)46-36(28)55/h9-11,13-14,18-19,21,28,41H,4-8,12,15-17,20H2,1-3H3,(H,40,56)(H,42,52)(H,46,53,55)(H2,44,45,47,54). The van der Waals surface area contributed by atoms with E-state index in [1.165, 1.54) is 20.2 Å². The summed E-state index contributed by atoms with van der Waals surface area (Å²) in [5.74, 6) is -2.61. The quantitative estimate of drug-likeness (QED) is 0.0623. The molecule has 20 heteroatoms. The highest BCUT2D eigenvalue weighted by Gasteiger charge is 2.44. The zero-order valence-corrected chi connectivity index (χ0v) is 32.7. The van der Waals surface area contributed by atoms with Gasteiger partial charge in [-0.05, 0) is 49.6 Å². The Bertz CT molecular complexity index is 2290. The minimum Gasteiger partial charge on any atom is -0.494 e. The number of hydrogen-bond acceptors (Lipinski definition) is 14. The van der Waals surface area contributed by atoms with Gasteiger partial charge in [0.1, 0.15) is 12.4 Å². The van der Waals surface area contributed by atoms with Gasteiger partial charge in [-0.1, -0.05) is 25.3 Å². The number of benzene rings is 2. The molecule has 308 valence electrons. The number of piperidine rings is 1. The van der Waals surface area contributed by atoms with Crippen LogP contribution in [0.1, 0.15) is 82.6 Å². The number of aryl methyl sites for hydroxylation is 1. The lowest BCUT2D eigenvalue weighted by Crippen LogP contribution is -2.54. The molecule has 0 radical (unpaired) electrons. The number of ether oxygens (including phenoxy) is 1. The molecule has 2 aromatic heterocycles. The van der Waals surface area contributed by atoms with E-state index in [4.69, 9.17) is 4.74 Å². The molecular weight excluding hydrogens is 765 g/mol. The van der Waals surface area contributed by atoms with Gasteiger partial charge in [0, 0.05) is 45.2 Å². The summed E-state index contributed by atoms with van der Waals surface area (Å²) in [5.41, 5.74) is 2.39. The molecular formula is C39H44N12O8. The van der Waals surface area contributed by atoms with E-state index in [2.05, 4.69) is 52.2 Å². The summed E-state index contributed by atoms with van der Waals surface area (Å²) >= 11 is 0. The van der Waals surface area contributed by atoms with Gasteiger partial charge in [0.15, 0.2) is 23.1 Å². The van der Waals surface area contributed by atoms with Crippen LogP contribution in [-0.4, -0.2) is 105 Å². The van der Waals surface area contributed by atoms with E-state index < -0.39 is 41.5 Å². The minimum absolute atomic E-state index is 0.0319. The van der Waals surface area contributed by atoms with Crippen LogP contribution in [-0.2, 0) is 26.2 Å². The molecule has 1 saturated heterocycles. The van der Waals surface area contributed by atoms with Gasteiger partial charge in [-0.2, -0.15) is 5.10 Å². The molecule has 0 spiro atoms. The first-order valence-electron chi connectivity index (χ1n) is 19.0. The summed E-state index contributed by atoms with van der Waals surface area (Å²) in [4.78, 5) is 92.9. The van der Waals surface area contributed by atoms with Crippen LogP contribution in [0.25, 0.3) is 11.4 Å². The Morgan fingerprint density at radius 3 is 2.42 bits per heavy atom. The number of nitrogens with zero attached hydrogens (tertiary/aromatic N) is 6. The van der Waals surface area contributed by atoms with Crippen LogP contribution < -0.4 is 36.6 Å². The maximum absolute atomic E-state index is 13.1. The highest BCUT2D eigenvalue weighted by atomic mass is 16.5. The van der Waals surface area contributed by atoms with E-state index in [0.29, 0.717) is 41.5 Å². The molecule has 59 heavy (non-hydrogen) atoms. The van der Waals surface area contributed by atoms with Crippen molar-refractivity contribution in [3.63, 3.8) is 0 Å². The van der Waals surface area contributed by atoms with Crippen LogP contribution in [0, 0.1) is 0 Å². The van der Waals surface area contributed by atoms with Gasteiger partial charge < -0.3 is 31.3 Å². The number of amides is 7. The van der Waals surface area contributed by atoms with Crippen LogP contribution >= 0.6 is 0 Å². The second-order valence-corrected chi connectivity index (χ2v) is 13.8. The second-order valence-electron chi connectivity index (χ2n) is 13.8. The number of para-hydroxylation sites is 1. The van der Waals surface area contributed by atoms with Crippen LogP contribution in [0.4, 0.5) is 22.9 Å². The van der Waals surface area contributed by atoms with Crippen LogP contribution in [0.3, 0.4) is 0 Å². The minimum atomic E-state index is -1.01. The van der Waals surface area contributed by atoms with E-state index in [-0.39, 0.29) is 60.0 Å². The van der Waals surface area contributed by atoms with Crippen molar-refractivity contribution in [1.82, 2.24) is 45.8 Å². The third kappa shape index (κ3) is 9.83. The zero-order chi connectivity index (χ0) is 42.1. The number of carbonyl (C=O) groups is 7. The van der Waals surface area contributed by atoms with Gasteiger partial charge in [-0.15, -0.1) is 10.2 Å². The Hall–Kier alpha value is -7.25. The van der Waals surface area contributed by atoms with Crippen LogP contribution in [0.2, 0.25) is 0 Å². The highest BCUT2D eigenvalue weighted by Crippen LogP contribution is 2.37. The third-order valence-corrected chi connectivity index (χ3v) is 9.63. The molecule has 0 saturated carbocycles. The fourth-order valence-electron chi connectivity index (χ4n) is 6.68. The van der Waals surface area contributed by atoms with E-state index in [1.807, 2.05) is 0 Å². The monoisotopic (exact) mass is 808 g/mol. The van der Waals surface area contributed by atoms with Crippen molar-refractivity contribution in [3.8, 4) is 17.1 Å². The molecule has 1 fully saturated rings. The second kappa shape index (κ2) is 18.8. The van der Waals surface area contributed by atoms with E-state index in [0.717, 1.165) is 30.6 Å². The Balaban J connectivity index is 0.903. The molecule has 6 rings (SSSR count). The Kier molecular flexibility index (Phi) is 13.2. The molecule has 2 aliphatic heterocycles. The summed E-state index contributed by atoms with van der Waals surface area (Å²) in [6.45, 7) is 0.325. The SMILES string of the molecule is CNC(=O)c1nnc(NC(=O)CNC(=O)CCCCCCCNc2ccc3c(c2)C(=O)N(C2CCC(=O)NC2=O)C3=O)cc1Nc1cccc(-c2ncn(C)n2)c1OC. The Morgan fingerprint density at radius 1 is 0.898 bits per heavy atom. The van der Waals surface area contributed by atoms with E-state index >= 15 is 0 Å². The van der Waals surface area contributed by atoms with Gasteiger partial charge in [-0.25, -0.2) is 4.98 Å². The van der Waals surface area contributed by atoms with E-state index in [1.54, 1.807) is 54.5 Å². The first-order valence-corrected chi connectivity index (χ1v) is 19.0. The van der Waals surface area contributed by atoms with Crippen molar-refractivity contribution >= 4 is 64.2 Å². The number of imide groups is 2. The average molecular weight is 809 g/mol. The highest BCUT2D eigenvalue weighted by molar-refractivity contribution is 6.23. The Morgan fingerprint density at radius 2 is 1.68 bits per heavy atom. The molecule has 2 aliphatic rings. The largest absolute Gasteiger partial charge is 0.494 e. The van der Waals surface area contributed by atoms with Gasteiger partial charge >= 0.3 is 0 Å². The average Bonchev–Trinajstić information content (AvgIpc) is 3.76. The summed E-state index contributed by atoms with van der Waals surface area (Å²) in [7, 11) is 4.70.